The molecule has 0 spiro atoms. The van der Waals surface area contributed by atoms with E-state index in [1.165, 1.54) is 6.20 Å². The Morgan fingerprint density at radius 1 is 1.42 bits per heavy atom. The third-order valence-electron chi connectivity index (χ3n) is 3.13. The molecule has 1 aliphatic rings. The van der Waals surface area contributed by atoms with E-state index >= 15 is 0 Å². The first-order chi connectivity index (χ1) is 9.11. The van der Waals surface area contributed by atoms with E-state index in [-0.39, 0.29) is 11.0 Å². The van der Waals surface area contributed by atoms with Crippen molar-refractivity contribution < 1.29 is 4.92 Å². The van der Waals surface area contributed by atoms with Crippen LogP contribution in [0.1, 0.15) is 13.3 Å². The van der Waals surface area contributed by atoms with E-state index in [4.69, 9.17) is 11.6 Å². The van der Waals surface area contributed by atoms with Gasteiger partial charge in [-0.05, 0) is 24.6 Å². The predicted octanol–water partition coefficient (Wildman–Crippen LogP) is 1.57. The molecule has 104 valence electrons. The maximum absolute atomic E-state index is 11.0. The normalized spacial score (nSPS) is 16.6. The zero-order chi connectivity index (χ0) is 13.8. The average molecular weight is 286 g/mol. The molecule has 0 saturated carbocycles. The van der Waals surface area contributed by atoms with Crippen molar-refractivity contribution in [1.82, 2.24) is 14.9 Å². The summed E-state index contributed by atoms with van der Waals surface area (Å²) in [6, 6.07) is 0. The van der Waals surface area contributed by atoms with Gasteiger partial charge in [0.2, 0.25) is 11.1 Å². The van der Waals surface area contributed by atoms with Crippen LogP contribution in [0.15, 0.2) is 6.20 Å². The van der Waals surface area contributed by atoms with Crippen LogP contribution in [-0.4, -0.2) is 52.5 Å². The molecular weight excluding hydrogens is 270 g/mol. The Kier molecular flexibility index (Phi) is 4.49. The molecule has 1 saturated heterocycles. The van der Waals surface area contributed by atoms with E-state index in [1.54, 1.807) is 0 Å². The van der Waals surface area contributed by atoms with Crippen molar-refractivity contribution in [3.8, 4) is 0 Å². The first kappa shape index (κ1) is 14.0. The summed E-state index contributed by atoms with van der Waals surface area (Å²) in [4.78, 5) is 22.4. The third kappa shape index (κ3) is 3.30. The number of piperazine rings is 1. The molecule has 1 aromatic rings. The van der Waals surface area contributed by atoms with Gasteiger partial charge in [0.15, 0.2) is 0 Å². The van der Waals surface area contributed by atoms with Crippen LogP contribution in [0.25, 0.3) is 0 Å². The summed E-state index contributed by atoms with van der Waals surface area (Å²) in [5.41, 5.74) is -0.0895. The molecule has 7 nitrogen and oxygen atoms in total. The smallest absolute Gasteiger partial charge is 0.329 e. The number of aromatic nitrogens is 2. The molecule has 2 heterocycles. The Bertz CT molecular complexity index is 462. The Balaban J connectivity index is 2.14. The van der Waals surface area contributed by atoms with Crippen LogP contribution in [0.5, 0.6) is 0 Å². The van der Waals surface area contributed by atoms with Gasteiger partial charge < -0.3 is 4.90 Å². The van der Waals surface area contributed by atoms with E-state index in [2.05, 4.69) is 21.8 Å². The van der Waals surface area contributed by atoms with Gasteiger partial charge in [0, 0.05) is 26.2 Å². The molecule has 0 unspecified atom stereocenters. The Hall–Kier alpha value is -1.47. The van der Waals surface area contributed by atoms with Gasteiger partial charge >= 0.3 is 5.69 Å². The number of hydrogen-bond donors (Lipinski definition) is 0. The minimum absolute atomic E-state index is 0.0385. The van der Waals surface area contributed by atoms with Crippen LogP contribution in [-0.2, 0) is 0 Å². The molecular formula is C11H16ClN5O2. The fourth-order valence-electron chi connectivity index (χ4n) is 2.21. The van der Waals surface area contributed by atoms with Crippen LogP contribution >= 0.6 is 11.6 Å². The number of anilines is 1. The lowest BCUT2D eigenvalue weighted by Gasteiger charge is -2.34. The minimum atomic E-state index is -0.468. The lowest BCUT2D eigenvalue weighted by atomic mass is 10.3. The molecule has 0 atom stereocenters. The SMILES string of the molecule is CCCN1CCN(c2nc(Cl)ncc2[N+](=O)[O-])CC1. The van der Waals surface area contributed by atoms with Crippen LogP contribution in [0.3, 0.4) is 0 Å². The van der Waals surface area contributed by atoms with Crippen molar-refractivity contribution in [3.63, 3.8) is 0 Å². The van der Waals surface area contributed by atoms with Gasteiger partial charge in [0.1, 0.15) is 6.20 Å². The maximum Gasteiger partial charge on any atom is 0.329 e. The molecule has 1 fully saturated rings. The highest BCUT2D eigenvalue weighted by Crippen LogP contribution is 2.26. The first-order valence-corrected chi connectivity index (χ1v) is 6.64. The van der Waals surface area contributed by atoms with Crippen molar-refractivity contribution in [3.05, 3.63) is 21.6 Å². The molecule has 1 aromatic heterocycles. The molecule has 0 aliphatic carbocycles. The van der Waals surface area contributed by atoms with E-state index in [9.17, 15) is 10.1 Å². The van der Waals surface area contributed by atoms with E-state index in [0.29, 0.717) is 18.9 Å². The quantitative estimate of drug-likeness (QED) is 0.475. The minimum Gasteiger partial charge on any atom is -0.348 e. The molecule has 0 N–H and O–H groups in total. The number of nitro groups is 1. The largest absolute Gasteiger partial charge is 0.348 e. The second-order valence-corrected chi connectivity index (χ2v) is 4.77. The number of hydrogen-bond acceptors (Lipinski definition) is 6. The van der Waals surface area contributed by atoms with E-state index in [1.807, 2.05) is 4.90 Å². The summed E-state index contributed by atoms with van der Waals surface area (Å²) in [6.07, 6.45) is 2.28. The van der Waals surface area contributed by atoms with Crippen LogP contribution in [0.2, 0.25) is 5.28 Å². The summed E-state index contributed by atoms with van der Waals surface area (Å²) in [5, 5.41) is 11.0. The highest BCUT2D eigenvalue weighted by atomic mass is 35.5. The zero-order valence-electron chi connectivity index (χ0n) is 10.8. The van der Waals surface area contributed by atoms with Crippen molar-refractivity contribution >= 4 is 23.1 Å². The van der Waals surface area contributed by atoms with E-state index < -0.39 is 4.92 Å². The van der Waals surface area contributed by atoms with Gasteiger partial charge in [0.25, 0.3) is 0 Å². The number of nitrogens with zero attached hydrogens (tertiary/aromatic N) is 5. The molecule has 0 aromatic carbocycles. The lowest BCUT2D eigenvalue weighted by molar-refractivity contribution is -0.384. The second kappa shape index (κ2) is 6.12. The van der Waals surface area contributed by atoms with Crippen molar-refractivity contribution in [2.45, 2.75) is 13.3 Å². The van der Waals surface area contributed by atoms with Gasteiger partial charge in [-0.2, -0.15) is 4.98 Å². The molecule has 1 aliphatic heterocycles. The summed E-state index contributed by atoms with van der Waals surface area (Å²) < 4.78 is 0. The molecule has 0 bridgehead atoms. The monoisotopic (exact) mass is 285 g/mol. The van der Waals surface area contributed by atoms with Crippen LogP contribution in [0, 0.1) is 10.1 Å². The Labute approximate surface area is 116 Å². The van der Waals surface area contributed by atoms with Crippen LogP contribution < -0.4 is 4.90 Å². The van der Waals surface area contributed by atoms with Gasteiger partial charge in [-0.1, -0.05) is 6.92 Å². The molecule has 0 amide bonds. The Morgan fingerprint density at radius 3 is 2.68 bits per heavy atom. The van der Waals surface area contributed by atoms with Gasteiger partial charge in [-0.3, -0.25) is 15.0 Å². The first-order valence-electron chi connectivity index (χ1n) is 6.26. The highest BCUT2D eigenvalue weighted by molar-refractivity contribution is 6.28. The topological polar surface area (TPSA) is 75.4 Å². The summed E-state index contributed by atoms with van der Waals surface area (Å²) >= 11 is 5.74. The number of rotatable bonds is 4. The van der Waals surface area contributed by atoms with Gasteiger partial charge in [-0.25, -0.2) is 4.98 Å². The van der Waals surface area contributed by atoms with Crippen molar-refractivity contribution in [2.24, 2.45) is 0 Å². The zero-order valence-corrected chi connectivity index (χ0v) is 11.5. The fraction of sp³-hybridized carbons (Fsp3) is 0.636. The van der Waals surface area contributed by atoms with Gasteiger partial charge in [0.05, 0.1) is 4.92 Å². The second-order valence-electron chi connectivity index (χ2n) is 4.43. The summed E-state index contributed by atoms with van der Waals surface area (Å²) in [7, 11) is 0. The maximum atomic E-state index is 11.0. The molecule has 19 heavy (non-hydrogen) atoms. The average Bonchev–Trinajstić information content (AvgIpc) is 2.39. The fourth-order valence-corrected chi connectivity index (χ4v) is 2.34. The predicted molar refractivity (Wildman–Crippen MR) is 72.6 cm³/mol. The molecule has 2 rings (SSSR count). The van der Waals surface area contributed by atoms with Crippen molar-refractivity contribution in [2.75, 3.05) is 37.6 Å². The number of halogens is 1. The summed E-state index contributed by atoms with van der Waals surface area (Å²) in [5.74, 6) is 0.321. The van der Waals surface area contributed by atoms with Crippen molar-refractivity contribution in [1.29, 1.82) is 0 Å². The third-order valence-corrected chi connectivity index (χ3v) is 3.31. The van der Waals surface area contributed by atoms with E-state index in [0.717, 1.165) is 26.1 Å². The molecule has 0 radical (unpaired) electrons. The standard InChI is InChI=1S/C11H16ClN5O2/c1-2-3-15-4-6-16(7-5-15)10-9(17(18)19)8-13-11(12)14-10/h8H,2-7H2,1H3. The Morgan fingerprint density at radius 2 is 2.11 bits per heavy atom. The lowest BCUT2D eigenvalue weighted by Crippen LogP contribution is -2.47. The molecule has 8 heteroatoms. The highest BCUT2D eigenvalue weighted by Gasteiger charge is 2.25. The van der Waals surface area contributed by atoms with Crippen LogP contribution in [0.4, 0.5) is 11.5 Å². The van der Waals surface area contributed by atoms with Gasteiger partial charge in [-0.15, -0.1) is 0 Å². The summed E-state index contributed by atoms with van der Waals surface area (Å²) in [6.45, 7) is 6.39.